The van der Waals surface area contributed by atoms with E-state index in [1.807, 2.05) is 0 Å². The molecule has 0 amide bonds. The van der Waals surface area contributed by atoms with E-state index in [4.69, 9.17) is 5.21 Å². The number of hydrogen-bond donors (Lipinski definition) is 1. The van der Waals surface area contributed by atoms with E-state index in [9.17, 15) is 13.2 Å². The molecule has 5 nitrogen and oxygen atoms in total. The molecule has 2 heterocycles. The summed E-state index contributed by atoms with van der Waals surface area (Å²) >= 11 is 0. The van der Waals surface area contributed by atoms with Crippen LogP contribution >= 0.6 is 0 Å². The summed E-state index contributed by atoms with van der Waals surface area (Å²) in [5.41, 5.74) is 1.09. The van der Waals surface area contributed by atoms with Crippen molar-refractivity contribution in [1.82, 2.24) is 0 Å². The van der Waals surface area contributed by atoms with E-state index in [1.165, 1.54) is 30.6 Å². The van der Waals surface area contributed by atoms with Crippen LogP contribution in [0.25, 0.3) is 6.08 Å². The van der Waals surface area contributed by atoms with Crippen molar-refractivity contribution in [2.75, 3.05) is 0 Å². The third kappa shape index (κ3) is 2.80. The van der Waals surface area contributed by atoms with Crippen LogP contribution in [0.4, 0.5) is 0 Å². The Morgan fingerprint density at radius 3 is 2.48 bits per heavy atom. The Kier molecular flexibility index (Phi) is 3.83. The quantitative estimate of drug-likeness (QED) is 0.532. The molecule has 1 aromatic carbocycles. The predicted octanol–water partition coefficient (Wildman–Crippen LogP) is 2.17. The van der Waals surface area contributed by atoms with Gasteiger partial charge in [0.25, 0.3) is 0 Å². The van der Waals surface area contributed by atoms with Crippen LogP contribution in [0.1, 0.15) is 22.3 Å². The maximum absolute atomic E-state index is 12.4. The van der Waals surface area contributed by atoms with Crippen molar-refractivity contribution in [3.63, 3.8) is 0 Å². The minimum atomic E-state index is -3.71. The fourth-order valence-electron chi connectivity index (χ4n) is 2.38. The SMILES string of the molecule is O=C1/C(=C/C/C=C/c2cc[n+](O)cc2)S(=O)(=O)c2ccccc21. The van der Waals surface area contributed by atoms with Crippen LogP contribution in [0.3, 0.4) is 0 Å². The number of benzene rings is 1. The molecule has 2 aromatic rings. The average molecular weight is 328 g/mol. The van der Waals surface area contributed by atoms with Crippen molar-refractivity contribution in [1.29, 1.82) is 0 Å². The smallest absolute Gasteiger partial charge is 0.222 e. The minimum Gasteiger partial charge on any atom is -0.288 e. The second-order valence-electron chi connectivity index (χ2n) is 5.05. The summed E-state index contributed by atoms with van der Waals surface area (Å²) in [5, 5.41) is 9.12. The second kappa shape index (κ2) is 5.81. The number of Topliss-reactive ketones (excluding diaryl/α,β-unsaturated/α-hetero) is 1. The molecule has 0 spiro atoms. The highest BCUT2D eigenvalue weighted by molar-refractivity contribution is 7.97. The highest BCUT2D eigenvalue weighted by atomic mass is 32.2. The van der Waals surface area contributed by atoms with E-state index in [0.717, 1.165) is 10.3 Å². The monoisotopic (exact) mass is 328 g/mol. The zero-order valence-electron chi connectivity index (χ0n) is 12.1. The predicted molar refractivity (Wildman–Crippen MR) is 83.5 cm³/mol. The van der Waals surface area contributed by atoms with Gasteiger partial charge in [-0.3, -0.25) is 10.0 Å². The normalized spacial score (nSPS) is 17.7. The number of carbonyl (C=O) groups is 1. The van der Waals surface area contributed by atoms with Crippen molar-refractivity contribution in [2.45, 2.75) is 11.3 Å². The molecule has 3 rings (SSSR count). The number of aromatic nitrogens is 1. The topological polar surface area (TPSA) is 75.3 Å². The number of nitrogens with zero attached hydrogens (tertiary/aromatic N) is 1. The molecule has 0 bridgehead atoms. The van der Waals surface area contributed by atoms with Gasteiger partial charge in [-0.05, 0) is 24.1 Å². The van der Waals surface area contributed by atoms with Crippen molar-refractivity contribution in [3.05, 3.63) is 77.0 Å². The van der Waals surface area contributed by atoms with Crippen LogP contribution in [0.5, 0.6) is 0 Å². The highest BCUT2D eigenvalue weighted by Gasteiger charge is 2.38. The highest BCUT2D eigenvalue weighted by Crippen LogP contribution is 2.33. The van der Waals surface area contributed by atoms with Crippen LogP contribution < -0.4 is 4.73 Å². The van der Waals surface area contributed by atoms with Gasteiger partial charge in [-0.15, -0.1) is 0 Å². The number of sulfone groups is 1. The molecule has 0 saturated carbocycles. The summed E-state index contributed by atoms with van der Waals surface area (Å²) in [5.74, 6) is -0.449. The van der Waals surface area contributed by atoms with Gasteiger partial charge in [0.1, 0.15) is 4.91 Å². The van der Waals surface area contributed by atoms with Gasteiger partial charge in [0.15, 0.2) is 0 Å². The van der Waals surface area contributed by atoms with E-state index in [1.54, 1.807) is 36.4 Å². The fraction of sp³-hybridized carbons (Fsp3) is 0.0588. The van der Waals surface area contributed by atoms with Crippen molar-refractivity contribution >= 4 is 21.7 Å². The number of ketones is 1. The maximum Gasteiger partial charge on any atom is 0.222 e. The molecular formula is C17H14NO4S+. The lowest BCUT2D eigenvalue weighted by molar-refractivity contribution is -0.904. The molecule has 1 aliphatic heterocycles. The molecule has 0 unspecified atom stereocenters. The Morgan fingerprint density at radius 1 is 1.09 bits per heavy atom. The lowest BCUT2D eigenvalue weighted by atomic mass is 10.1. The molecule has 116 valence electrons. The summed E-state index contributed by atoms with van der Waals surface area (Å²) in [7, 11) is -3.71. The molecule has 0 fully saturated rings. The average Bonchev–Trinajstić information content (AvgIpc) is 2.74. The van der Waals surface area contributed by atoms with Crippen molar-refractivity contribution in [3.8, 4) is 0 Å². The minimum absolute atomic E-state index is 0.0794. The van der Waals surface area contributed by atoms with E-state index in [0.29, 0.717) is 6.42 Å². The maximum atomic E-state index is 12.4. The first-order valence-electron chi connectivity index (χ1n) is 6.96. The lowest BCUT2D eigenvalue weighted by Gasteiger charge is -1.95. The largest absolute Gasteiger partial charge is 0.288 e. The number of hydrogen-bond acceptors (Lipinski definition) is 4. The standard InChI is InChI=1S/C17H14NO4S/c19-17-14-6-2-4-7-15(14)23(21,22)16(17)8-3-1-5-13-9-11-18(20)12-10-13/h1-2,4-12,20H,3H2/q+1/b5-1+,16-8-. The van der Waals surface area contributed by atoms with Crippen LogP contribution in [-0.4, -0.2) is 19.4 Å². The molecule has 0 radical (unpaired) electrons. The first kappa shape index (κ1) is 15.2. The van der Waals surface area contributed by atoms with Gasteiger partial charge in [-0.25, -0.2) is 8.42 Å². The van der Waals surface area contributed by atoms with Gasteiger partial charge in [-0.1, -0.05) is 30.4 Å². The van der Waals surface area contributed by atoms with Crippen LogP contribution in [0.15, 0.2) is 70.7 Å². The van der Waals surface area contributed by atoms with Gasteiger partial charge in [0.2, 0.25) is 28.0 Å². The van der Waals surface area contributed by atoms with Crippen LogP contribution in [0.2, 0.25) is 0 Å². The van der Waals surface area contributed by atoms with E-state index in [2.05, 4.69) is 0 Å². The van der Waals surface area contributed by atoms with Gasteiger partial charge < -0.3 is 0 Å². The first-order chi connectivity index (χ1) is 11.0. The zero-order chi connectivity index (χ0) is 16.4. The molecule has 6 heteroatoms. The van der Waals surface area contributed by atoms with Gasteiger partial charge in [0.05, 0.1) is 4.90 Å². The van der Waals surface area contributed by atoms with Gasteiger partial charge in [-0.2, -0.15) is 0 Å². The Bertz CT molecular complexity index is 925. The molecule has 0 atom stereocenters. The lowest BCUT2D eigenvalue weighted by Crippen LogP contribution is -2.27. The summed E-state index contributed by atoms with van der Waals surface area (Å²) in [6.45, 7) is 0. The number of fused-ring (bicyclic) bond motifs is 1. The molecule has 0 saturated heterocycles. The molecule has 1 aliphatic rings. The number of carbonyl (C=O) groups excluding carboxylic acids is 1. The molecule has 23 heavy (non-hydrogen) atoms. The Hall–Kier alpha value is -2.73. The van der Waals surface area contributed by atoms with Crippen molar-refractivity contribution in [2.24, 2.45) is 0 Å². The summed E-state index contributed by atoms with van der Waals surface area (Å²) in [6, 6.07) is 9.65. The third-order valence-corrected chi connectivity index (χ3v) is 5.39. The van der Waals surface area contributed by atoms with Gasteiger partial charge in [0, 0.05) is 22.4 Å². The Morgan fingerprint density at radius 2 is 1.78 bits per heavy atom. The number of rotatable bonds is 3. The van der Waals surface area contributed by atoms with Gasteiger partial charge >= 0.3 is 0 Å². The zero-order valence-corrected chi connectivity index (χ0v) is 12.9. The summed E-state index contributed by atoms with van der Waals surface area (Å²) < 4.78 is 25.6. The van der Waals surface area contributed by atoms with Crippen LogP contribution in [-0.2, 0) is 9.84 Å². The molecule has 1 aromatic heterocycles. The van der Waals surface area contributed by atoms with Crippen LogP contribution in [0, 0.1) is 0 Å². The second-order valence-corrected chi connectivity index (χ2v) is 6.93. The van der Waals surface area contributed by atoms with E-state index in [-0.39, 0.29) is 15.4 Å². The van der Waals surface area contributed by atoms with Crippen molar-refractivity contribution < 1.29 is 23.1 Å². The summed E-state index contributed by atoms with van der Waals surface area (Å²) in [4.78, 5) is 12.1. The molecular weight excluding hydrogens is 314 g/mol. The molecule has 0 aliphatic carbocycles. The number of pyridine rings is 1. The number of allylic oxidation sites excluding steroid dienone is 3. The van der Waals surface area contributed by atoms with E-state index >= 15 is 0 Å². The van der Waals surface area contributed by atoms with E-state index < -0.39 is 15.6 Å². The molecule has 1 N–H and O–H groups in total. The summed E-state index contributed by atoms with van der Waals surface area (Å²) in [6.07, 6.45) is 8.27. The fourth-order valence-corrected chi connectivity index (χ4v) is 4.00. The Balaban J connectivity index is 1.81. The third-order valence-electron chi connectivity index (χ3n) is 3.52. The first-order valence-corrected chi connectivity index (χ1v) is 8.44. The Labute approximate surface area is 133 Å².